The quantitative estimate of drug-likeness (QED) is 0.670. The second-order valence-corrected chi connectivity index (χ2v) is 4.76. The van der Waals surface area contributed by atoms with Crippen LogP contribution in [0.4, 0.5) is 5.69 Å². The van der Waals surface area contributed by atoms with Gasteiger partial charge in [0.2, 0.25) is 0 Å². The molecular formula is C12H15N3O2S. The topological polar surface area (TPSA) is 112 Å². The van der Waals surface area contributed by atoms with E-state index in [1.165, 1.54) is 11.1 Å². The fourth-order valence-corrected chi connectivity index (χ4v) is 1.35. The summed E-state index contributed by atoms with van der Waals surface area (Å²) >= 11 is 0. The number of hydrogen-bond acceptors (Lipinski definition) is 3. The Kier molecular flexibility index (Phi) is 4.85. The number of benzene rings is 2. The third-order valence-electron chi connectivity index (χ3n) is 1.99. The molecule has 0 aliphatic heterocycles. The summed E-state index contributed by atoms with van der Waals surface area (Å²) in [7, 11) is -3.67. The van der Waals surface area contributed by atoms with Gasteiger partial charge in [0.05, 0.1) is 0 Å². The first-order chi connectivity index (χ1) is 8.36. The first-order valence-electron chi connectivity index (χ1n) is 5.08. The fourth-order valence-electron chi connectivity index (χ4n) is 1.35. The van der Waals surface area contributed by atoms with E-state index in [0.717, 1.165) is 5.69 Å². The van der Waals surface area contributed by atoms with Gasteiger partial charge in [-0.05, 0) is 23.3 Å². The molecule has 0 heterocycles. The van der Waals surface area contributed by atoms with Crippen LogP contribution in [0.2, 0.25) is 0 Å². The van der Waals surface area contributed by atoms with E-state index in [1.54, 1.807) is 0 Å². The lowest BCUT2D eigenvalue weighted by atomic mass is 10.1. The zero-order chi connectivity index (χ0) is 13.6. The average molecular weight is 265 g/mol. The van der Waals surface area contributed by atoms with E-state index < -0.39 is 10.2 Å². The molecule has 0 amide bonds. The fraction of sp³-hybridized carbons (Fsp3) is 0. The Morgan fingerprint density at radius 2 is 1.28 bits per heavy atom. The van der Waals surface area contributed by atoms with Crippen molar-refractivity contribution in [2.75, 3.05) is 5.73 Å². The van der Waals surface area contributed by atoms with Crippen LogP contribution in [-0.2, 0) is 10.2 Å². The summed E-state index contributed by atoms with van der Waals surface area (Å²) in [6.07, 6.45) is 0. The van der Waals surface area contributed by atoms with E-state index in [2.05, 4.69) is 28.5 Å². The van der Waals surface area contributed by atoms with Crippen LogP contribution in [0.15, 0.2) is 54.6 Å². The van der Waals surface area contributed by atoms with E-state index in [0.29, 0.717) is 0 Å². The summed E-state index contributed by atoms with van der Waals surface area (Å²) in [5.41, 5.74) is 8.87. The van der Waals surface area contributed by atoms with Crippen LogP contribution in [0.25, 0.3) is 11.1 Å². The van der Waals surface area contributed by atoms with Gasteiger partial charge in [0, 0.05) is 5.69 Å². The van der Waals surface area contributed by atoms with Crippen molar-refractivity contribution in [3.63, 3.8) is 0 Å². The Balaban J connectivity index is 0.000000280. The third-order valence-corrected chi connectivity index (χ3v) is 1.99. The van der Waals surface area contributed by atoms with Gasteiger partial charge in [-0.3, -0.25) is 0 Å². The van der Waals surface area contributed by atoms with Crippen molar-refractivity contribution in [2.24, 2.45) is 10.3 Å². The average Bonchev–Trinajstić information content (AvgIpc) is 2.28. The van der Waals surface area contributed by atoms with E-state index in [-0.39, 0.29) is 0 Å². The molecular weight excluding hydrogens is 250 g/mol. The van der Waals surface area contributed by atoms with Crippen molar-refractivity contribution < 1.29 is 8.42 Å². The number of nitrogens with two attached hydrogens (primary N) is 3. The largest absolute Gasteiger partial charge is 0.399 e. The Labute approximate surface area is 106 Å². The summed E-state index contributed by atoms with van der Waals surface area (Å²) in [4.78, 5) is 0. The highest BCUT2D eigenvalue weighted by molar-refractivity contribution is 7.86. The Morgan fingerprint density at radius 3 is 1.78 bits per heavy atom. The number of rotatable bonds is 1. The molecule has 0 aromatic heterocycles. The molecule has 6 heteroatoms. The van der Waals surface area contributed by atoms with Gasteiger partial charge in [-0.15, -0.1) is 0 Å². The molecule has 0 aliphatic rings. The lowest BCUT2D eigenvalue weighted by Gasteiger charge is -2.01. The van der Waals surface area contributed by atoms with Crippen molar-refractivity contribution in [3.05, 3.63) is 54.6 Å². The summed E-state index contributed by atoms with van der Waals surface area (Å²) in [5, 5.41) is 8.21. The predicted molar refractivity (Wildman–Crippen MR) is 73.6 cm³/mol. The molecule has 2 rings (SSSR count). The highest BCUT2D eigenvalue weighted by atomic mass is 32.2. The summed E-state index contributed by atoms with van der Waals surface area (Å²) in [5.74, 6) is 0. The molecule has 18 heavy (non-hydrogen) atoms. The number of nitrogen functional groups attached to an aromatic ring is 1. The van der Waals surface area contributed by atoms with Gasteiger partial charge in [-0.25, -0.2) is 10.3 Å². The maximum Gasteiger partial charge on any atom is 0.271 e. The van der Waals surface area contributed by atoms with Gasteiger partial charge in [-0.1, -0.05) is 42.5 Å². The molecule has 0 bridgehead atoms. The number of anilines is 1. The standard InChI is InChI=1S/C12H11N.H4N2O2S/c13-12-8-4-7-11(9-12)10-5-2-1-3-6-10;1-5(2,3)4/h1-9H,13H2;(H4,1,2,3,4). The van der Waals surface area contributed by atoms with Crippen LogP contribution in [-0.4, -0.2) is 8.42 Å². The van der Waals surface area contributed by atoms with Crippen LogP contribution in [0.1, 0.15) is 0 Å². The van der Waals surface area contributed by atoms with Gasteiger partial charge in [0.1, 0.15) is 0 Å². The summed E-state index contributed by atoms with van der Waals surface area (Å²) in [6.45, 7) is 0. The lowest BCUT2D eigenvalue weighted by Crippen LogP contribution is -2.21. The maximum atomic E-state index is 9.19. The first-order valence-corrected chi connectivity index (χ1v) is 6.68. The minimum atomic E-state index is -3.67. The van der Waals surface area contributed by atoms with Crippen molar-refractivity contribution >= 4 is 15.9 Å². The van der Waals surface area contributed by atoms with Crippen molar-refractivity contribution in [1.82, 2.24) is 0 Å². The maximum absolute atomic E-state index is 9.19. The van der Waals surface area contributed by atoms with Gasteiger partial charge in [0.15, 0.2) is 0 Å². The molecule has 2 aromatic rings. The second-order valence-electron chi connectivity index (χ2n) is 3.58. The van der Waals surface area contributed by atoms with Gasteiger partial charge >= 0.3 is 0 Å². The first kappa shape index (κ1) is 14.2. The molecule has 5 nitrogen and oxygen atoms in total. The normalized spacial score (nSPS) is 10.3. The summed E-state index contributed by atoms with van der Waals surface area (Å²) < 4.78 is 18.4. The molecule has 0 aliphatic carbocycles. The molecule has 6 N–H and O–H groups in total. The zero-order valence-corrected chi connectivity index (χ0v) is 10.5. The SMILES string of the molecule is NS(N)(=O)=O.Nc1cccc(-c2ccccc2)c1. The van der Waals surface area contributed by atoms with Crippen molar-refractivity contribution in [2.45, 2.75) is 0 Å². The third kappa shape index (κ3) is 6.00. The zero-order valence-electron chi connectivity index (χ0n) is 9.65. The smallest absolute Gasteiger partial charge is 0.271 e. The van der Waals surface area contributed by atoms with E-state index in [1.807, 2.05) is 36.4 Å². The molecule has 2 aromatic carbocycles. The molecule has 0 spiro atoms. The Hall–Kier alpha value is -1.89. The van der Waals surface area contributed by atoms with E-state index in [4.69, 9.17) is 5.73 Å². The molecule has 0 saturated carbocycles. The monoisotopic (exact) mass is 265 g/mol. The van der Waals surface area contributed by atoms with Crippen LogP contribution in [0, 0.1) is 0 Å². The number of hydrogen-bond donors (Lipinski definition) is 3. The van der Waals surface area contributed by atoms with Crippen LogP contribution in [0.3, 0.4) is 0 Å². The molecule has 0 fully saturated rings. The Morgan fingerprint density at radius 1 is 0.778 bits per heavy atom. The predicted octanol–water partition coefficient (Wildman–Crippen LogP) is 1.08. The summed E-state index contributed by atoms with van der Waals surface area (Å²) in [6, 6.07) is 18.1. The van der Waals surface area contributed by atoms with Crippen molar-refractivity contribution in [1.29, 1.82) is 0 Å². The second kappa shape index (κ2) is 6.15. The van der Waals surface area contributed by atoms with E-state index in [9.17, 15) is 8.42 Å². The molecule has 0 unspecified atom stereocenters. The molecule has 0 atom stereocenters. The highest BCUT2D eigenvalue weighted by Gasteiger charge is 1.94. The van der Waals surface area contributed by atoms with Crippen LogP contribution < -0.4 is 16.0 Å². The minimum absolute atomic E-state index is 0.807. The lowest BCUT2D eigenvalue weighted by molar-refractivity contribution is 0.599. The van der Waals surface area contributed by atoms with Gasteiger partial charge < -0.3 is 5.73 Å². The molecule has 0 radical (unpaired) electrons. The minimum Gasteiger partial charge on any atom is -0.399 e. The van der Waals surface area contributed by atoms with Crippen LogP contribution in [0.5, 0.6) is 0 Å². The molecule has 96 valence electrons. The molecule has 0 saturated heterocycles. The van der Waals surface area contributed by atoms with Gasteiger partial charge in [0.25, 0.3) is 10.2 Å². The van der Waals surface area contributed by atoms with Crippen molar-refractivity contribution in [3.8, 4) is 11.1 Å². The highest BCUT2D eigenvalue weighted by Crippen LogP contribution is 2.20. The van der Waals surface area contributed by atoms with Gasteiger partial charge in [-0.2, -0.15) is 8.42 Å². The Bertz CT molecular complexity index is 590. The van der Waals surface area contributed by atoms with E-state index >= 15 is 0 Å². The van der Waals surface area contributed by atoms with Crippen LogP contribution >= 0.6 is 0 Å².